The van der Waals surface area contributed by atoms with Crippen LogP contribution in [-0.4, -0.2) is 24.6 Å². The van der Waals surface area contributed by atoms with Gasteiger partial charge in [0.2, 0.25) is 0 Å². The molecule has 0 spiro atoms. The third-order valence-corrected chi connectivity index (χ3v) is 4.83. The zero-order chi connectivity index (χ0) is 21.8. The molecule has 2 aromatic rings. The van der Waals surface area contributed by atoms with E-state index in [-0.39, 0.29) is 34.3 Å². The first-order valence-electron chi connectivity index (χ1n) is 7.69. The SMILES string of the molecule is C/C(=N\OCc1ccc([N+](=O)[O-])cc1)c1cc(Cl)ccc1NS(=O)(=O)C(F)(F)F. The molecule has 29 heavy (non-hydrogen) atoms. The first kappa shape index (κ1) is 22.4. The number of hydrogen-bond donors (Lipinski definition) is 1. The Morgan fingerprint density at radius 2 is 1.86 bits per heavy atom. The molecule has 0 aromatic heterocycles. The molecule has 0 saturated heterocycles. The molecular weight excluding hydrogens is 439 g/mol. The van der Waals surface area contributed by atoms with Crippen LogP contribution in [0, 0.1) is 10.1 Å². The van der Waals surface area contributed by atoms with E-state index < -0.39 is 20.5 Å². The van der Waals surface area contributed by atoms with Crippen LogP contribution >= 0.6 is 11.6 Å². The van der Waals surface area contributed by atoms with Gasteiger partial charge in [-0.15, -0.1) is 0 Å². The molecule has 156 valence electrons. The van der Waals surface area contributed by atoms with Crippen molar-refractivity contribution in [1.82, 2.24) is 0 Å². The van der Waals surface area contributed by atoms with Crippen molar-refractivity contribution in [2.45, 2.75) is 19.0 Å². The summed E-state index contributed by atoms with van der Waals surface area (Å²) < 4.78 is 62.1. The molecule has 2 rings (SSSR count). The van der Waals surface area contributed by atoms with Gasteiger partial charge in [0.25, 0.3) is 5.69 Å². The minimum absolute atomic E-state index is 0.0194. The van der Waals surface area contributed by atoms with Gasteiger partial charge in [-0.1, -0.05) is 16.8 Å². The fourth-order valence-electron chi connectivity index (χ4n) is 2.07. The molecule has 0 bridgehead atoms. The van der Waals surface area contributed by atoms with E-state index in [2.05, 4.69) is 5.16 Å². The minimum atomic E-state index is -5.64. The summed E-state index contributed by atoms with van der Waals surface area (Å²) in [7, 11) is -5.64. The zero-order valence-electron chi connectivity index (χ0n) is 14.6. The molecule has 13 heteroatoms. The summed E-state index contributed by atoms with van der Waals surface area (Å²) >= 11 is 5.84. The van der Waals surface area contributed by atoms with Crippen LogP contribution in [0.3, 0.4) is 0 Å². The van der Waals surface area contributed by atoms with Crippen molar-refractivity contribution in [3.8, 4) is 0 Å². The molecule has 2 aromatic carbocycles. The predicted molar refractivity (Wildman–Crippen MR) is 100 cm³/mol. The molecule has 0 amide bonds. The van der Waals surface area contributed by atoms with Crippen LogP contribution in [0.25, 0.3) is 0 Å². The quantitative estimate of drug-likeness (QED) is 0.380. The number of alkyl halides is 3. The van der Waals surface area contributed by atoms with E-state index in [1.165, 1.54) is 48.0 Å². The molecule has 1 N–H and O–H groups in total. The number of halogens is 4. The van der Waals surface area contributed by atoms with Crippen LogP contribution in [0.4, 0.5) is 24.5 Å². The van der Waals surface area contributed by atoms with E-state index in [0.29, 0.717) is 5.56 Å². The van der Waals surface area contributed by atoms with Gasteiger partial charge in [0.15, 0.2) is 0 Å². The van der Waals surface area contributed by atoms with Crippen molar-refractivity contribution in [1.29, 1.82) is 0 Å². The molecule has 8 nitrogen and oxygen atoms in total. The monoisotopic (exact) mass is 451 g/mol. The van der Waals surface area contributed by atoms with E-state index in [9.17, 15) is 31.7 Å². The Hall–Kier alpha value is -2.86. The Kier molecular flexibility index (Phi) is 6.69. The summed E-state index contributed by atoms with van der Waals surface area (Å²) in [4.78, 5) is 15.2. The topological polar surface area (TPSA) is 111 Å². The van der Waals surface area contributed by atoms with E-state index in [0.717, 1.165) is 6.07 Å². The lowest BCUT2D eigenvalue weighted by Crippen LogP contribution is -2.30. The Labute approximate surface area is 168 Å². The fourth-order valence-corrected chi connectivity index (χ4v) is 2.83. The van der Waals surface area contributed by atoms with Crippen LogP contribution in [0.5, 0.6) is 0 Å². The highest BCUT2D eigenvalue weighted by atomic mass is 35.5. The van der Waals surface area contributed by atoms with Crippen LogP contribution in [0.2, 0.25) is 5.02 Å². The predicted octanol–water partition coefficient (Wildman–Crippen LogP) is 4.45. The van der Waals surface area contributed by atoms with Crippen LogP contribution < -0.4 is 4.72 Å². The first-order chi connectivity index (χ1) is 13.4. The van der Waals surface area contributed by atoms with Crippen LogP contribution in [0.1, 0.15) is 18.1 Å². The average molecular weight is 452 g/mol. The highest BCUT2D eigenvalue weighted by Gasteiger charge is 2.46. The van der Waals surface area contributed by atoms with Crippen molar-refractivity contribution >= 4 is 38.7 Å². The number of nitro benzene ring substituents is 1. The van der Waals surface area contributed by atoms with Gasteiger partial charge in [-0.3, -0.25) is 14.8 Å². The lowest BCUT2D eigenvalue weighted by Gasteiger charge is -2.14. The smallest absolute Gasteiger partial charge is 0.391 e. The maximum absolute atomic E-state index is 12.6. The molecule has 0 heterocycles. The Balaban J connectivity index is 2.20. The van der Waals surface area contributed by atoms with Gasteiger partial charge in [-0.2, -0.15) is 21.6 Å². The molecule has 0 aliphatic rings. The number of non-ortho nitro benzene ring substituents is 1. The van der Waals surface area contributed by atoms with Crippen molar-refractivity contribution in [2.24, 2.45) is 5.16 Å². The number of anilines is 1. The van der Waals surface area contributed by atoms with Crippen molar-refractivity contribution in [2.75, 3.05) is 4.72 Å². The molecule has 0 aliphatic heterocycles. The summed E-state index contributed by atoms with van der Waals surface area (Å²) in [6.07, 6.45) is 0. The molecule has 0 fully saturated rings. The van der Waals surface area contributed by atoms with Crippen molar-refractivity contribution in [3.63, 3.8) is 0 Å². The number of hydrogen-bond acceptors (Lipinski definition) is 6. The number of nitrogens with one attached hydrogen (secondary N) is 1. The van der Waals surface area contributed by atoms with Gasteiger partial charge < -0.3 is 4.84 Å². The second kappa shape index (κ2) is 8.66. The molecular formula is C16H13ClF3N3O5S. The minimum Gasteiger partial charge on any atom is -0.391 e. The lowest BCUT2D eigenvalue weighted by atomic mass is 10.1. The number of benzene rings is 2. The van der Waals surface area contributed by atoms with E-state index >= 15 is 0 Å². The molecule has 0 aliphatic carbocycles. The molecule has 0 unspecified atom stereocenters. The van der Waals surface area contributed by atoms with Gasteiger partial charge in [-0.25, -0.2) is 0 Å². The number of sulfonamides is 1. The standard InChI is InChI=1S/C16H13ClF3N3O5S/c1-10(21-28-9-11-2-5-13(6-3-11)23(24)25)14-8-12(17)4-7-15(14)22-29(26,27)16(18,19)20/h2-8,22H,9H2,1H3/b21-10+. The number of rotatable bonds is 7. The largest absolute Gasteiger partial charge is 0.516 e. The molecule has 0 saturated carbocycles. The summed E-state index contributed by atoms with van der Waals surface area (Å²) in [5, 5.41) is 14.5. The third kappa shape index (κ3) is 5.81. The van der Waals surface area contributed by atoms with Gasteiger partial charge in [0, 0.05) is 22.7 Å². The maximum atomic E-state index is 12.6. The first-order valence-corrected chi connectivity index (χ1v) is 9.56. The summed E-state index contributed by atoms with van der Waals surface area (Å²) in [6, 6.07) is 8.95. The number of nitro groups is 1. The van der Waals surface area contributed by atoms with Crippen LogP contribution in [-0.2, 0) is 21.5 Å². The highest BCUT2D eigenvalue weighted by molar-refractivity contribution is 7.93. The normalized spacial score (nSPS) is 12.5. The number of nitrogens with zero attached hydrogens (tertiary/aromatic N) is 2. The zero-order valence-corrected chi connectivity index (χ0v) is 16.2. The summed E-state index contributed by atoms with van der Waals surface area (Å²) in [5.41, 5.74) is -5.40. The van der Waals surface area contributed by atoms with Gasteiger partial charge in [0.1, 0.15) is 6.61 Å². The van der Waals surface area contributed by atoms with E-state index in [1.807, 2.05) is 0 Å². The number of oxime groups is 1. The van der Waals surface area contributed by atoms with E-state index in [1.54, 1.807) is 0 Å². The lowest BCUT2D eigenvalue weighted by molar-refractivity contribution is -0.384. The maximum Gasteiger partial charge on any atom is 0.516 e. The van der Waals surface area contributed by atoms with Crippen molar-refractivity contribution in [3.05, 3.63) is 68.7 Å². The van der Waals surface area contributed by atoms with E-state index in [4.69, 9.17) is 16.4 Å². The highest BCUT2D eigenvalue weighted by Crippen LogP contribution is 2.29. The summed E-state index contributed by atoms with van der Waals surface area (Å²) in [6.45, 7) is 1.30. The third-order valence-electron chi connectivity index (χ3n) is 3.50. The van der Waals surface area contributed by atoms with Gasteiger partial charge in [-0.05, 0) is 42.8 Å². The fraction of sp³-hybridized carbons (Fsp3) is 0.188. The Morgan fingerprint density at radius 3 is 2.41 bits per heavy atom. The second-order valence-corrected chi connectivity index (χ2v) is 7.73. The Bertz CT molecular complexity index is 1040. The van der Waals surface area contributed by atoms with Crippen LogP contribution in [0.15, 0.2) is 47.6 Å². The summed E-state index contributed by atoms with van der Waals surface area (Å²) in [5.74, 6) is 0. The van der Waals surface area contributed by atoms with Gasteiger partial charge >= 0.3 is 15.5 Å². The molecule has 0 radical (unpaired) electrons. The average Bonchev–Trinajstić information content (AvgIpc) is 2.62. The van der Waals surface area contributed by atoms with Crippen molar-refractivity contribution < 1.29 is 31.3 Å². The Morgan fingerprint density at radius 1 is 1.24 bits per heavy atom. The van der Waals surface area contributed by atoms with Gasteiger partial charge in [0.05, 0.1) is 16.3 Å². The molecule has 0 atom stereocenters. The second-order valence-electron chi connectivity index (χ2n) is 5.61.